The summed E-state index contributed by atoms with van der Waals surface area (Å²) in [7, 11) is 0. The lowest BCUT2D eigenvalue weighted by molar-refractivity contribution is -0.163. The summed E-state index contributed by atoms with van der Waals surface area (Å²) in [5.74, 6) is -0.536. The van der Waals surface area contributed by atoms with Crippen molar-refractivity contribution in [2.45, 2.75) is 45.3 Å². The van der Waals surface area contributed by atoms with Crippen molar-refractivity contribution in [3.63, 3.8) is 0 Å². The first-order chi connectivity index (χ1) is 11.4. The summed E-state index contributed by atoms with van der Waals surface area (Å²) >= 11 is 0. The zero-order valence-electron chi connectivity index (χ0n) is 14.0. The van der Waals surface area contributed by atoms with Gasteiger partial charge in [0, 0.05) is 6.42 Å². The summed E-state index contributed by atoms with van der Waals surface area (Å²) in [5, 5.41) is 34.4. The Hall–Kier alpha value is -2.64. The van der Waals surface area contributed by atoms with Gasteiger partial charge in [-0.15, -0.1) is 0 Å². The molecule has 0 aliphatic carbocycles. The molecule has 0 spiro atoms. The first-order valence-corrected chi connectivity index (χ1v) is 7.79. The van der Waals surface area contributed by atoms with Gasteiger partial charge < -0.3 is 9.84 Å². The molecule has 126 valence electrons. The van der Waals surface area contributed by atoms with E-state index >= 15 is 0 Å². The molecule has 2 aliphatic rings. The summed E-state index contributed by atoms with van der Waals surface area (Å²) < 4.78 is 5.31. The van der Waals surface area contributed by atoms with Gasteiger partial charge in [0.2, 0.25) is 0 Å². The van der Waals surface area contributed by atoms with Gasteiger partial charge in [0.25, 0.3) is 0 Å². The lowest BCUT2D eigenvalue weighted by Crippen LogP contribution is -2.60. The molecular formula is C17H20N4O3. The molecular weight excluding hydrogens is 308 g/mol. The van der Waals surface area contributed by atoms with Gasteiger partial charge in [-0.25, -0.2) is 4.79 Å². The van der Waals surface area contributed by atoms with E-state index in [1.807, 2.05) is 20.8 Å². The number of hydrazone groups is 1. The van der Waals surface area contributed by atoms with Crippen LogP contribution < -0.4 is 0 Å². The van der Waals surface area contributed by atoms with Gasteiger partial charge in [-0.3, -0.25) is 5.01 Å². The second-order valence-corrected chi connectivity index (χ2v) is 6.06. The lowest BCUT2D eigenvalue weighted by Gasteiger charge is -2.41. The van der Waals surface area contributed by atoms with Crippen LogP contribution in [0.3, 0.4) is 0 Å². The predicted molar refractivity (Wildman–Crippen MR) is 86.4 cm³/mol. The molecule has 0 aromatic rings. The fourth-order valence-electron chi connectivity index (χ4n) is 2.90. The molecule has 2 aliphatic heterocycles. The minimum absolute atomic E-state index is 0.129. The van der Waals surface area contributed by atoms with Crippen LogP contribution in [0.4, 0.5) is 0 Å². The number of esters is 1. The molecule has 0 bridgehead atoms. The number of carbonyl (C=O) groups is 1. The van der Waals surface area contributed by atoms with Crippen molar-refractivity contribution < 1.29 is 14.6 Å². The van der Waals surface area contributed by atoms with Crippen LogP contribution in [0.2, 0.25) is 0 Å². The zero-order valence-corrected chi connectivity index (χ0v) is 14.0. The molecule has 0 saturated heterocycles. The highest BCUT2D eigenvalue weighted by Gasteiger charge is 2.58. The topological polar surface area (TPSA) is 110 Å². The first kappa shape index (κ1) is 17.7. The number of nitrogens with zero attached hydrogens (tertiary/aromatic N) is 4. The molecule has 7 nitrogen and oxygen atoms in total. The average molecular weight is 328 g/mol. The van der Waals surface area contributed by atoms with Crippen LogP contribution >= 0.6 is 0 Å². The third-order valence-electron chi connectivity index (χ3n) is 4.40. The smallest absolute Gasteiger partial charge is 0.337 e. The quantitative estimate of drug-likeness (QED) is 0.475. The van der Waals surface area contributed by atoms with Crippen LogP contribution in [0.25, 0.3) is 0 Å². The molecule has 1 N–H and O–H groups in total. The van der Waals surface area contributed by atoms with Gasteiger partial charge in [0.15, 0.2) is 5.54 Å². The Labute approximate surface area is 141 Å². The Kier molecular flexibility index (Phi) is 5.06. The maximum absolute atomic E-state index is 12.7. The maximum atomic E-state index is 12.7. The molecule has 0 aromatic carbocycles. The Morgan fingerprint density at radius 3 is 2.71 bits per heavy atom. The number of aliphatic hydroxyl groups is 1. The van der Waals surface area contributed by atoms with E-state index in [0.29, 0.717) is 13.0 Å². The van der Waals surface area contributed by atoms with Crippen LogP contribution in [0.5, 0.6) is 0 Å². The largest absolute Gasteiger partial charge is 0.464 e. The van der Waals surface area contributed by atoms with Gasteiger partial charge in [-0.1, -0.05) is 18.1 Å². The molecule has 0 amide bonds. The summed E-state index contributed by atoms with van der Waals surface area (Å²) in [4.78, 5) is 12.7. The van der Waals surface area contributed by atoms with Crippen molar-refractivity contribution in [2.75, 3.05) is 13.2 Å². The average Bonchev–Trinajstić information content (AvgIpc) is 2.83. The third-order valence-corrected chi connectivity index (χ3v) is 4.40. The van der Waals surface area contributed by atoms with Gasteiger partial charge in [0.05, 0.1) is 18.9 Å². The van der Waals surface area contributed by atoms with Crippen molar-refractivity contribution in [3.05, 3.63) is 22.8 Å². The van der Waals surface area contributed by atoms with Crippen molar-refractivity contribution >= 4 is 11.7 Å². The molecule has 2 heterocycles. The van der Waals surface area contributed by atoms with E-state index in [1.54, 1.807) is 12.1 Å². The Morgan fingerprint density at radius 1 is 1.46 bits per heavy atom. The van der Waals surface area contributed by atoms with Crippen molar-refractivity contribution in [1.82, 2.24) is 5.01 Å². The molecule has 0 saturated carbocycles. The number of rotatable bonds is 4. The second-order valence-electron chi connectivity index (χ2n) is 6.06. The van der Waals surface area contributed by atoms with E-state index in [-0.39, 0.29) is 24.3 Å². The number of fused-ring (bicyclic) bond motifs is 1. The summed E-state index contributed by atoms with van der Waals surface area (Å²) in [6.45, 7) is 6.40. The molecule has 0 aromatic heterocycles. The highest BCUT2D eigenvalue weighted by Crippen LogP contribution is 2.40. The third kappa shape index (κ3) is 2.79. The second kappa shape index (κ2) is 6.86. The number of aliphatic hydroxyl groups excluding tert-OH is 1. The fourth-order valence-corrected chi connectivity index (χ4v) is 2.90. The number of hydrogen-bond acceptors (Lipinski definition) is 7. The minimum atomic E-state index is -1.33. The molecule has 2 rings (SSSR count). The number of ether oxygens (including phenoxy) is 1. The van der Waals surface area contributed by atoms with E-state index in [2.05, 4.69) is 5.10 Å². The molecule has 0 radical (unpaired) electrons. The minimum Gasteiger partial charge on any atom is -0.464 e. The van der Waals surface area contributed by atoms with E-state index < -0.39 is 17.6 Å². The lowest BCUT2D eigenvalue weighted by atomic mass is 9.80. The van der Waals surface area contributed by atoms with Gasteiger partial charge in [0.1, 0.15) is 23.8 Å². The van der Waals surface area contributed by atoms with Crippen LogP contribution in [-0.4, -0.2) is 46.6 Å². The normalized spacial score (nSPS) is 25.3. The zero-order chi connectivity index (χ0) is 17.9. The molecule has 24 heavy (non-hydrogen) atoms. The number of allylic oxidation sites excluding steroid dienone is 1. The van der Waals surface area contributed by atoms with Crippen molar-refractivity contribution in [1.29, 1.82) is 10.5 Å². The maximum Gasteiger partial charge on any atom is 0.337 e. The summed E-state index contributed by atoms with van der Waals surface area (Å²) in [6.07, 6.45) is 0.925. The Balaban J connectivity index is 2.46. The van der Waals surface area contributed by atoms with Gasteiger partial charge in [-0.05, 0) is 26.3 Å². The van der Waals surface area contributed by atoms with Crippen LogP contribution in [0, 0.1) is 22.7 Å². The number of carbonyl (C=O) groups excluding carboxylic acids is 1. The van der Waals surface area contributed by atoms with Crippen LogP contribution in [0.15, 0.2) is 27.9 Å². The van der Waals surface area contributed by atoms with E-state index in [0.717, 1.165) is 11.1 Å². The van der Waals surface area contributed by atoms with E-state index in [1.165, 1.54) is 11.1 Å². The van der Waals surface area contributed by atoms with Crippen LogP contribution in [0.1, 0.15) is 33.6 Å². The van der Waals surface area contributed by atoms with Crippen molar-refractivity contribution in [3.8, 4) is 12.1 Å². The molecule has 0 fully saturated rings. The summed E-state index contributed by atoms with van der Waals surface area (Å²) in [6, 6.07) is 3.47. The van der Waals surface area contributed by atoms with E-state index in [4.69, 9.17) is 15.3 Å². The molecule has 2 unspecified atom stereocenters. The fraction of sp³-hybridized carbons (Fsp3) is 0.529. The Bertz CT molecular complexity index is 707. The molecule has 7 heteroatoms. The monoisotopic (exact) mass is 328 g/mol. The highest BCUT2D eigenvalue weighted by atomic mass is 16.5. The summed E-state index contributed by atoms with van der Waals surface area (Å²) in [5.41, 5.74) is 0.687. The van der Waals surface area contributed by atoms with Crippen molar-refractivity contribution in [2.24, 2.45) is 5.10 Å². The highest BCUT2D eigenvalue weighted by molar-refractivity contribution is 6.06. The van der Waals surface area contributed by atoms with Gasteiger partial charge in [-0.2, -0.15) is 15.6 Å². The van der Waals surface area contributed by atoms with E-state index in [9.17, 15) is 9.90 Å². The van der Waals surface area contributed by atoms with Gasteiger partial charge >= 0.3 is 5.97 Å². The standard InChI is InChI=1S/C17H20N4O3/c1-4-5-24-16(23)17-7-11(2)12(3)10-21(17)20-14(15(17)22)6-13(8-18)9-19/h6,15,22H,4-5,7,10H2,1-3H3. The molecule has 2 atom stereocenters. The number of hydrogen-bond donors (Lipinski definition) is 1. The number of nitriles is 2. The SMILES string of the molecule is CCCOC(=O)C12CC(C)=C(C)CN1N=C(C=C(C#N)C#N)C2O. The first-order valence-electron chi connectivity index (χ1n) is 7.79. The van der Waals surface area contributed by atoms with Crippen LogP contribution in [-0.2, 0) is 9.53 Å². The predicted octanol–water partition coefficient (Wildman–Crippen LogP) is 1.42. The Morgan fingerprint density at radius 2 is 2.12 bits per heavy atom.